The van der Waals surface area contributed by atoms with Gasteiger partial charge in [0.05, 0.1) is 6.21 Å². The number of rotatable bonds is 14. The largest absolute Gasteiger partial charge is 0.485 e. The predicted molar refractivity (Wildman–Crippen MR) is 141 cm³/mol. The summed E-state index contributed by atoms with van der Waals surface area (Å²) in [7, 11) is 0. The number of amides is 1. The average Bonchev–Trinajstić information content (AvgIpc) is 3.74. The van der Waals surface area contributed by atoms with Crippen molar-refractivity contribution in [3.8, 4) is 11.5 Å². The number of ether oxygens (including phenoxy) is 2. The van der Waals surface area contributed by atoms with Crippen LogP contribution in [0, 0.1) is 5.92 Å². The zero-order valence-electron chi connectivity index (χ0n) is 20.8. The monoisotopic (exact) mass is 486 g/mol. The number of benzene rings is 3. The van der Waals surface area contributed by atoms with Crippen molar-refractivity contribution in [3.63, 3.8) is 0 Å². The lowest BCUT2D eigenvalue weighted by atomic mass is 10.2. The topological polar surface area (TPSA) is 60.4 Å². The van der Waals surface area contributed by atoms with Crippen LogP contribution in [-0.4, -0.2) is 36.7 Å². The zero-order valence-corrected chi connectivity index (χ0v) is 20.8. The highest BCUT2D eigenvalue weighted by atomic mass is 16.6. The number of nitrogens with zero attached hydrogens (tertiary/aromatic N) is 2. The van der Waals surface area contributed by atoms with Gasteiger partial charge in [-0.1, -0.05) is 72.7 Å². The van der Waals surface area contributed by atoms with Crippen molar-refractivity contribution in [2.75, 3.05) is 19.7 Å². The predicted octanol–water partition coefficient (Wildman–Crippen LogP) is 5.84. The molecule has 6 heteroatoms. The third-order valence-corrected chi connectivity index (χ3v) is 5.93. The summed E-state index contributed by atoms with van der Waals surface area (Å²) in [5.74, 6) is 1.91. The third kappa shape index (κ3) is 8.15. The molecule has 3 aromatic rings. The molecule has 36 heavy (non-hydrogen) atoms. The van der Waals surface area contributed by atoms with E-state index in [9.17, 15) is 4.79 Å². The van der Waals surface area contributed by atoms with E-state index in [2.05, 4.69) is 12.1 Å². The first-order valence-electron chi connectivity index (χ1n) is 12.6. The van der Waals surface area contributed by atoms with E-state index in [0.29, 0.717) is 30.6 Å². The van der Waals surface area contributed by atoms with Gasteiger partial charge in [0.2, 0.25) is 0 Å². The summed E-state index contributed by atoms with van der Waals surface area (Å²) in [6.07, 6.45) is 4.96. The first-order chi connectivity index (χ1) is 17.7. The molecule has 1 aliphatic rings. The first kappa shape index (κ1) is 25.3. The van der Waals surface area contributed by atoms with Crippen LogP contribution < -0.4 is 9.47 Å². The van der Waals surface area contributed by atoms with Crippen LogP contribution in [0.25, 0.3) is 0 Å². The molecule has 1 fully saturated rings. The van der Waals surface area contributed by atoms with Gasteiger partial charge in [-0.25, -0.2) is 0 Å². The lowest BCUT2D eigenvalue weighted by Gasteiger charge is -2.21. The van der Waals surface area contributed by atoms with Crippen molar-refractivity contribution < 1.29 is 19.1 Å². The fraction of sp³-hybridized carbons (Fsp3) is 0.333. The van der Waals surface area contributed by atoms with Crippen LogP contribution in [0.4, 0.5) is 0 Å². The van der Waals surface area contributed by atoms with Crippen molar-refractivity contribution in [3.05, 3.63) is 95.6 Å². The third-order valence-electron chi connectivity index (χ3n) is 5.93. The molecule has 0 saturated heterocycles. The SMILES string of the molecule is CCCN(CC1CC1)C(=O)CON=Cc1ccc(OCc2ccccc2)c(OCc2ccccc2)c1. The van der Waals surface area contributed by atoms with Crippen LogP contribution >= 0.6 is 0 Å². The molecule has 4 rings (SSSR count). The van der Waals surface area contributed by atoms with Gasteiger partial charge in [0.25, 0.3) is 5.91 Å². The molecule has 0 unspecified atom stereocenters. The van der Waals surface area contributed by atoms with E-state index in [4.69, 9.17) is 14.3 Å². The van der Waals surface area contributed by atoms with Crippen molar-refractivity contribution >= 4 is 12.1 Å². The van der Waals surface area contributed by atoms with Gasteiger partial charge in [0.15, 0.2) is 18.1 Å². The van der Waals surface area contributed by atoms with Gasteiger partial charge in [-0.15, -0.1) is 0 Å². The highest BCUT2D eigenvalue weighted by molar-refractivity contribution is 5.81. The summed E-state index contributed by atoms with van der Waals surface area (Å²) < 4.78 is 12.2. The van der Waals surface area contributed by atoms with E-state index in [1.54, 1.807) is 6.21 Å². The van der Waals surface area contributed by atoms with Crippen LogP contribution in [0.5, 0.6) is 11.5 Å². The van der Waals surface area contributed by atoms with Gasteiger partial charge in [-0.05, 0) is 54.5 Å². The maximum absolute atomic E-state index is 12.5. The summed E-state index contributed by atoms with van der Waals surface area (Å²) in [5.41, 5.74) is 2.94. The standard InChI is InChI=1S/C30H34N2O4/c1-2-17-32(20-24-13-14-24)30(33)23-36-31-19-27-15-16-28(34-21-25-9-5-3-6-10-25)29(18-27)35-22-26-11-7-4-8-12-26/h3-12,15-16,18-19,24H,2,13-14,17,20-23H2,1H3. The minimum absolute atomic E-state index is 0.0163. The first-order valence-corrected chi connectivity index (χ1v) is 12.6. The molecule has 0 radical (unpaired) electrons. The molecule has 3 aromatic carbocycles. The van der Waals surface area contributed by atoms with Crippen molar-refractivity contribution in [1.82, 2.24) is 4.90 Å². The van der Waals surface area contributed by atoms with Gasteiger partial charge in [0.1, 0.15) is 13.2 Å². The zero-order chi connectivity index (χ0) is 25.0. The second-order valence-electron chi connectivity index (χ2n) is 9.05. The Kier molecular flexibility index (Phi) is 9.37. The highest BCUT2D eigenvalue weighted by Crippen LogP contribution is 2.30. The molecule has 6 nitrogen and oxygen atoms in total. The molecular formula is C30H34N2O4. The normalized spacial score (nSPS) is 12.9. The summed E-state index contributed by atoms with van der Waals surface area (Å²) in [4.78, 5) is 19.7. The lowest BCUT2D eigenvalue weighted by Crippen LogP contribution is -2.36. The van der Waals surface area contributed by atoms with Crippen LogP contribution in [0.2, 0.25) is 0 Å². The Morgan fingerprint density at radius 1 is 0.917 bits per heavy atom. The van der Waals surface area contributed by atoms with Crippen LogP contribution in [-0.2, 0) is 22.8 Å². The van der Waals surface area contributed by atoms with E-state index in [1.807, 2.05) is 83.8 Å². The summed E-state index contributed by atoms with van der Waals surface area (Å²) in [5, 5.41) is 4.03. The minimum Gasteiger partial charge on any atom is -0.485 e. The van der Waals surface area contributed by atoms with Crippen molar-refractivity contribution in [2.45, 2.75) is 39.4 Å². The Labute approximate surface area is 213 Å². The van der Waals surface area contributed by atoms with Crippen LogP contribution in [0.15, 0.2) is 84.0 Å². The molecule has 0 heterocycles. The minimum atomic E-state index is -0.0567. The van der Waals surface area contributed by atoms with Crippen LogP contribution in [0.3, 0.4) is 0 Å². The Balaban J connectivity index is 1.37. The van der Waals surface area contributed by atoms with Gasteiger partial charge >= 0.3 is 0 Å². The van der Waals surface area contributed by atoms with Gasteiger partial charge in [0, 0.05) is 18.7 Å². The van der Waals surface area contributed by atoms with Gasteiger partial charge < -0.3 is 19.2 Å². The lowest BCUT2D eigenvalue weighted by molar-refractivity contribution is -0.136. The Hall–Kier alpha value is -3.80. The second-order valence-corrected chi connectivity index (χ2v) is 9.05. The van der Waals surface area contributed by atoms with E-state index in [1.165, 1.54) is 12.8 Å². The summed E-state index contributed by atoms with van der Waals surface area (Å²) >= 11 is 0. The molecule has 188 valence electrons. The van der Waals surface area contributed by atoms with E-state index >= 15 is 0 Å². The van der Waals surface area contributed by atoms with E-state index in [-0.39, 0.29) is 12.5 Å². The molecule has 1 aliphatic carbocycles. The molecule has 0 atom stereocenters. The Bertz CT molecular complexity index is 1110. The van der Waals surface area contributed by atoms with Gasteiger partial charge in [-0.2, -0.15) is 0 Å². The fourth-order valence-electron chi connectivity index (χ4n) is 3.79. The molecule has 0 aromatic heterocycles. The molecule has 0 bridgehead atoms. The van der Waals surface area contributed by atoms with Crippen molar-refractivity contribution in [1.29, 1.82) is 0 Å². The molecule has 1 saturated carbocycles. The summed E-state index contributed by atoms with van der Waals surface area (Å²) in [6, 6.07) is 25.6. The van der Waals surface area contributed by atoms with E-state index < -0.39 is 0 Å². The molecule has 0 N–H and O–H groups in total. The highest BCUT2D eigenvalue weighted by Gasteiger charge is 2.26. The number of carbonyl (C=O) groups is 1. The maximum atomic E-state index is 12.5. The van der Waals surface area contributed by atoms with Gasteiger partial charge in [-0.3, -0.25) is 4.79 Å². The molecular weight excluding hydrogens is 452 g/mol. The van der Waals surface area contributed by atoms with Crippen LogP contribution in [0.1, 0.15) is 42.9 Å². The summed E-state index contributed by atoms with van der Waals surface area (Å²) in [6.45, 7) is 4.47. The smallest absolute Gasteiger partial charge is 0.263 e. The Morgan fingerprint density at radius 3 is 2.17 bits per heavy atom. The molecule has 0 spiro atoms. The fourth-order valence-corrected chi connectivity index (χ4v) is 3.79. The number of hydrogen-bond donors (Lipinski definition) is 0. The average molecular weight is 487 g/mol. The second kappa shape index (κ2) is 13.3. The number of oxime groups is 1. The Morgan fingerprint density at radius 2 is 1.56 bits per heavy atom. The maximum Gasteiger partial charge on any atom is 0.263 e. The number of hydrogen-bond acceptors (Lipinski definition) is 5. The number of carbonyl (C=O) groups excluding carboxylic acids is 1. The van der Waals surface area contributed by atoms with E-state index in [0.717, 1.165) is 36.2 Å². The molecule has 0 aliphatic heterocycles. The quantitative estimate of drug-likeness (QED) is 0.212. The molecule has 1 amide bonds. The van der Waals surface area contributed by atoms with Crippen molar-refractivity contribution in [2.24, 2.45) is 11.1 Å².